The fraction of sp³-hybridized carbons (Fsp3) is 0.125. The lowest BCUT2D eigenvalue weighted by Crippen LogP contribution is -2.39. The molecule has 0 saturated carbocycles. The molecular formula is C16H17N3O3. The van der Waals surface area contributed by atoms with Crippen LogP contribution in [0.25, 0.3) is 0 Å². The number of hydrogen-bond donors (Lipinski definition) is 3. The monoisotopic (exact) mass is 299 g/mol. The van der Waals surface area contributed by atoms with Gasteiger partial charge in [0.25, 0.3) is 5.91 Å². The van der Waals surface area contributed by atoms with Gasteiger partial charge in [0.05, 0.1) is 5.69 Å². The summed E-state index contributed by atoms with van der Waals surface area (Å²) in [4.78, 5) is 23.0. The summed E-state index contributed by atoms with van der Waals surface area (Å²) in [5.41, 5.74) is 6.84. The molecule has 6 heteroatoms. The molecule has 2 amide bonds. The van der Waals surface area contributed by atoms with Crippen molar-refractivity contribution >= 4 is 17.7 Å². The van der Waals surface area contributed by atoms with Gasteiger partial charge in [-0.05, 0) is 17.7 Å². The summed E-state index contributed by atoms with van der Waals surface area (Å²) in [6.07, 6.45) is -0.640. The number of para-hydroxylation sites is 1. The van der Waals surface area contributed by atoms with Crippen molar-refractivity contribution in [1.82, 2.24) is 10.7 Å². The third-order valence-electron chi connectivity index (χ3n) is 2.73. The highest BCUT2D eigenvalue weighted by Crippen LogP contribution is 2.02. The topological polar surface area (TPSA) is 79.5 Å². The number of carbonyl (C=O) groups excluding carboxylic acids is 2. The van der Waals surface area contributed by atoms with Gasteiger partial charge in [-0.25, -0.2) is 4.79 Å². The lowest BCUT2D eigenvalue weighted by atomic mass is 10.2. The molecular weight excluding hydrogens is 282 g/mol. The molecule has 22 heavy (non-hydrogen) atoms. The summed E-state index contributed by atoms with van der Waals surface area (Å²) in [5, 5.41) is 2.38. The van der Waals surface area contributed by atoms with Crippen LogP contribution in [0.3, 0.4) is 0 Å². The second-order valence-electron chi connectivity index (χ2n) is 4.45. The minimum absolute atomic E-state index is 0.163. The molecule has 114 valence electrons. The lowest BCUT2D eigenvalue weighted by Gasteiger charge is -2.09. The second kappa shape index (κ2) is 8.31. The quantitative estimate of drug-likeness (QED) is 0.713. The molecule has 0 radical (unpaired) electrons. The first-order valence-corrected chi connectivity index (χ1v) is 6.78. The number of nitrogens with one attached hydrogen (secondary N) is 3. The number of ether oxygens (including phenoxy) is 1. The van der Waals surface area contributed by atoms with Gasteiger partial charge in [0, 0.05) is 0 Å². The van der Waals surface area contributed by atoms with Gasteiger partial charge in [0.2, 0.25) is 0 Å². The first kappa shape index (κ1) is 15.4. The number of carbonyl (C=O) groups is 2. The number of hydrogen-bond acceptors (Lipinski definition) is 4. The van der Waals surface area contributed by atoms with Crippen molar-refractivity contribution in [2.24, 2.45) is 0 Å². The maximum atomic E-state index is 11.6. The van der Waals surface area contributed by atoms with E-state index in [2.05, 4.69) is 16.2 Å². The van der Waals surface area contributed by atoms with Gasteiger partial charge in [0.15, 0.2) is 0 Å². The van der Waals surface area contributed by atoms with Crippen molar-refractivity contribution < 1.29 is 14.3 Å². The number of anilines is 1. The van der Waals surface area contributed by atoms with Crippen LogP contribution in [0.1, 0.15) is 5.56 Å². The fourth-order valence-corrected chi connectivity index (χ4v) is 1.63. The van der Waals surface area contributed by atoms with Crippen LogP contribution in [0.2, 0.25) is 0 Å². The second-order valence-corrected chi connectivity index (χ2v) is 4.45. The summed E-state index contributed by atoms with van der Waals surface area (Å²) >= 11 is 0. The molecule has 3 N–H and O–H groups in total. The summed E-state index contributed by atoms with van der Waals surface area (Å²) < 4.78 is 4.99. The first-order valence-electron chi connectivity index (χ1n) is 6.78. The van der Waals surface area contributed by atoms with E-state index in [0.717, 1.165) is 11.3 Å². The Morgan fingerprint density at radius 2 is 1.55 bits per heavy atom. The molecule has 0 unspecified atom stereocenters. The molecule has 0 aromatic heterocycles. The molecule has 0 heterocycles. The molecule has 0 aliphatic rings. The third kappa shape index (κ3) is 5.54. The van der Waals surface area contributed by atoms with Gasteiger partial charge < -0.3 is 10.1 Å². The predicted molar refractivity (Wildman–Crippen MR) is 82.8 cm³/mol. The lowest BCUT2D eigenvalue weighted by molar-refractivity contribution is -0.119. The molecule has 0 aliphatic heterocycles. The molecule has 0 fully saturated rings. The summed E-state index contributed by atoms with van der Waals surface area (Å²) in [7, 11) is 0. The van der Waals surface area contributed by atoms with Crippen molar-refractivity contribution in [2.45, 2.75) is 6.61 Å². The molecule has 0 spiro atoms. The molecule has 6 nitrogen and oxygen atoms in total. The minimum atomic E-state index is -0.640. The molecule has 0 atom stereocenters. The van der Waals surface area contributed by atoms with Crippen LogP contribution in [0.4, 0.5) is 10.5 Å². The predicted octanol–water partition coefficient (Wildman–Crippen LogP) is 2.06. The Balaban J connectivity index is 1.62. The van der Waals surface area contributed by atoms with Crippen LogP contribution in [0, 0.1) is 0 Å². The third-order valence-corrected chi connectivity index (χ3v) is 2.73. The van der Waals surface area contributed by atoms with Crippen LogP contribution >= 0.6 is 0 Å². The van der Waals surface area contributed by atoms with Gasteiger partial charge in [-0.3, -0.25) is 15.6 Å². The van der Waals surface area contributed by atoms with E-state index in [4.69, 9.17) is 4.74 Å². The van der Waals surface area contributed by atoms with E-state index in [-0.39, 0.29) is 19.1 Å². The molecule has 2 aromatic rings. The summed E-state index contributed by atoms with van der Waals surface area (Å²) in [6, 6.07) is 18.5. The molecule has 2 rings (SSSR count). The van der Waals surface area contributed by atoms with Crippen molar-refractivity contribution in [3.8, 4) is 0 Å². The van der Waals surface area contributed by atoms with Crippen LogP contribution in [-0.4, -0.2) is 18.5 Å². The largest absolute Gasteiger partial charge is 0.445 e. The average molecular weight is 299 g/mol. The number of hydrazine groups is 1. The Morgan fingerprint density at radius 3 is 2.23 bits per heavy atom. The number of benzene rings is 2. The normalized spacial score (nSPS) is 9.64. The van der Waals surface area contributed by atoms with Crippen LogP contribution in [0.5, 0.6) is 0 Å². The Labute approximate surface area is 128 Å². The highest BCUT2D eigenvalue weighted by Gasteiger charge is 2.06. The van der Waals surface area contributed by atoms with E-state index in [1.807, 2.05) is 60.7 Å². The van der Waals surface area contributed by atoms with Gasteiger partial charge in [-0.2, -0.15) is 0 Å². The zero-order valence-electron chi connectivity index (χ0n) is 11.9. The minimum Gasteiger partial charge on any atom is -0.445 e. The Morgan fingerprint density at radius 1 is 0.909 bits per heavy atom. The molecule has 0 aliphatic carbocycles. The van der Waals surface area contributed by atoms with Gasteiger partial charge >= 0.3 is 6.09 Å². The van der Waals surface area contributed by atoms with Crippen molar-refractivity contribution in [3.05, 3.63) is 66.2 Å². The van der Waals surface area contributed by atoms with Crippen LogP contribution < -0.4 is 16.2 Å². The fourth-order valence-electron chi connectivity index (χ4n) is 1.63. The van der Waals surface area contributed by atoms with Crippen molar-refractivity contribution in [2.75, 3.05) is 12.0 Å². The average Bonchev–Trinajstić information content (AvgIpc) is 2.58. The van der Waals surface area contributed by atoms with Gasteiger partial charge in [-0.1, -0.05) is 48.5 Å². The van der Waals surface area contributed by atoms with E-state index in [1.165, 1.54) is 0 Å². The van der Waals surface area contributed by atoms with E-state index in [0.29, 0.717) is 0 Å². The van der Waals surface area contributed by atoms with E-state index < -0.39 is 6.09 Å². The standard InChI is InChI=1S/C16H17N3O3/c20-15(19-18-14-9-5-2-6-10-14)11-17-16(21)22-12-13-7-3-1-4-8-13/h1-10,18H,11-12H2,(H,17,21)(H,19,20). The van der Waals surface area contributed by atoms with Crippen LogP contribution in [0.15, 0.2) is 60.7 Å². The summed E-state index contributed by atoms with van der Waals surface area (Å²) in [6.45, 7) is -0.00991. The zero-order chi connectivity index (χ0) is 15.6. The van der Waals surface area contributed by atoms with Gasteiger partial charge in [-0.15, -0.1) is 0 Å². The SMILES string of the molecule is O=C(CNC(=O)OCc1ccccc1)NNc1ccccc1. The highest BCUT2D eigenvalue weighted by atomic mass is 16.5. The number of rotatable bonds is 6. The van der Waals surface area contributed by atoms with E-state index >= 15 is 0 Å². The van der Waals surface area contributed by atoms with Crippen molar-refractivity contribution in [1.29, 1.82) is 0 Å². The molecule has 0 saturated heterocycles. The highest BCUT2D eigenvalue weighted by molar-refractivity contribution is 5.83. The first-order chi connectivity index (χ1) is 10.7. The Bertz CT molecular complexity index is 547. The number of alkyl carbamates (subject to hydrolysis) is 1. The van der Waals surface area contributed by atoms with E-state index in [1.54, 1.807) is 0 Å². The van der Waals surface area contributed by atoms with Gasteiger partial charge in [0.1, 0.15) is 13.2 Å². The maximum Gasteiger partial charge on any atom is 0.407 e. The van der Waals surface area contributed by atoms with Crippen LogP contribution in [-0.2, 0) is 16.1 Å². The Kier molecular flexibility index (Phi) is 5.80. The maximum absolute atomic E-state index is 11.6. The zero-order valence-corrected chi connectivity index (χ0v) is 11.9. The Hall–Kier alpha value is -3.02. The van der Waals surface area contributed by atoms with Crippen molar-refractivity contribution in [3.63, 3.8) is 0 Å². The molecule has 0 bridgehead atoms. The smallest absolute Gasteiger partial charge is 0.407 e. The number of amides is 2. The summed E-state index contributed by atoms with van der Waals surface area (Å²) in [5.74, 6) is -0.375. The molecule has 2 aromatic carbocycles. The van der Waals surface area contributed by atoms with E-state index in [9.17, 15) is 9.59 Å².